The molecule has 1 atom stereocenters. The summed E-state index contributed by atoms with van der Waals surface area (Å²) in [5.74, 6) is 0.968. The molecule has 2 heterocycles. The fourth-order valence-electron chi connectivity index (χ4n) is 3.91. The third kappa shape index (κ3) is 4.35. The number of para-hydroxylation sites is 2. The lowest BCUT2D eigenvalue weighted by molar-refractivity contribution is -0.153. The van der Waals surface area contributed by atoms with E-state index in [9.17, 15) is 9.59 Å². The van der Waals surface area contributed by atoms with Gasteiger partial charge in [-0.2, -0.15) is 0 Å². The zero-order valence-corrected chi connectivity index (χ0v) is 16.3. The lowest BCUT2D eigenvalue weighted by Crippen LogP contribution is -2.46. The first-order valence-electron chi connectivity index (χ1n) is 9.33. The van der Waals surface area contributed by atoms with E-state index in [2.05, 4.69) is 0 Å². The van der Waals surface area contributed by atoms with Gasteiger partial charge in [0.1, 0.15) is 6.10 Å². The molecule has 0 N–H and O–H groups in total. The van der Waals surface area contributed by atoms with Crippen molar-refractivity contribution in [2.24, 2.45) is 5.41 Å². The number of hydrogen-bond donors (Lipinski definition) is 0. The number of carbonyl (C=O) groups excluding carboxylic acids is 2. The van der Waals surface area contributed by atoms with E-state index in [0.717, 1.165) is 13.0 Å². The molecule has 0 radical (unpaired) electrons. The van der Waals surface area contributed by atoms with Crippen molar-refractivity contribution in [3.63, 3.8) is 0 Å². The number of carbonyl (C=O) groups is 2. The Hall–Kier alpha value is -2.28. The van der Waals surface area contributed by atoms with Crippen molar-refractivity contribution >= 4 is 11.9 Å². The van der Waals surface area contributed by atoms with Gasteiger partial charge in [-0.1, -0.05) is 12.1 Å². The normalized spacial score (nSPS) is 21.4. The number of likely N-dealkylation sites (tertiary alicyclic amines) is 1. The maximum atomic E-state index is 12.5. The highest BCUT2D eigenvalue weighted by Gasteiger charge is 2.50. The number of cyclic esters (lactones) is 1. The molecule has 2 aliphatic rings. The van der Waals surface area contributed by atoms with Gasteiger partial charge < -0.3 is 24.0 Å². The van der Waals surface area contributed by atoms with E-state index in [4.69, 9.17) is 14.2 Å². The van der Waals surface area contributed by atoms with E-state index in [0.29, 0.717) is 37.4 Å². The standard InChI is InChI=1S/C20H28N2O5/c1-21(2)13-15-12-20(19(24)27-15)8-10-22(11-9-20)18(23)14-26-17-7-5-4-6-16(17)25-3/h4-7,15H,8-14H2,1-3H3. The molecule has 7 heteroatoms. The van der Waals surface area contributed by atoms with Crippen molar-refractivity contribution in [3.8, 4) is 11.5 Å². The summed E-state index contributed by atoms with van der Waals surface area (Å²) in [4.78, 5) is 28.7. The zero-order chi connectivity index (χ0) is 19.4. The number of methoxy groups -OCH3 is 1. The van der Waals surface area contributed by atoms with Crippen molar-refractivity contribution < 1.29 is 23.8 Å². The Morgan fingerprint density at radius 2 is 1.93 bits per heavy atom. The number of likely N-dealkylation sites (N-methyl/N-ethyl adjacent to an activating group) is 1. The summed E-state index contributed by atoms with van der Waals surface area (Å²) in [6.45, 7) is 1.81. The Balaban J connectivity index is 1.51. The van der Waals surface area contributed by atoms with Gasteiger partial charge in [-0.25, -0.2) is 0 Å². The highest BCUT2D eigenvalue weighted by Crippen LogP contribution is 2.43. The van der Waals surface area contributed by atoms with Crippen LogP contribution < -0.4 is 9.47 Å². The minimum Gasteiger partial charge on any atom is -0.493 e. The first-order chi connectivity index (χ1) is 12.9. The number of hydrogen-bond acceptors (Lipinski definition) is 6. The van der Waals surface area contributed by atoms with Crippen molar-refractivity contribution in [1.82, 2.24) is 9.80 Å². The lowest BCUT2D eigenvalue weighted by Gasteiger charge is -2.36. The number of benzene rings is 1. The molecule has 0 bridgehead atoms. The molecule has 1 aromatic rings. The van der Waals surface area contributed by atoms with Gasteiger partial charge in [0.05, 0.1) is 12.5 Å². The molecule has 2 saturated heterocycles. The third-order valence-electron chi connectivity index (χ3n) is 5.39. The minimum absolute atomic E-state index is 0.0406. The molecule has 1 aromatic carbocycles. The zero-order valence-electron chi connectivity index (χ0n) is 16.3. The summed E-state index contributed by atoms with van der Waals surface area (Å²) >= 11 is 0. The first kappa shape index (κ1) is 19.5. The van der Waals surface area contributed by atoms with Crippen LogP contribution in [0.25, 0.3) is 0 Å². The highest BCUT2D eigenvalue weighted by molar-refractivity contribution is 5.81. The monoisotopic (exact) mass is 376 g/mol. The number of amides is 1. The summed E-state index contributed by atoms with van der Waals surface area (Å²) in [7, 11) is 5.52. The molecular formula is C20H28N2O5. The number of rotatable bonds is 6. The molecule has 3 rings (SSSR count). The van der Waals surface area contributed by atoms with Gasteiger partial charge in [0.2, 0.25) is 0 Å². The first-order valence-corrected chi connectivity index (χ1v) is 9.33. The Morgan fingerprint density at radius 1 is 1.26 bits per heavy atom. The fourth-order valence-corrected chi connectivity index (χ4v) is 3.91. The van der Waals surface area contributed by atoms with Crippen LogP contribution in [0.1, 0.15) is 19.3 Å². The second-order valence-electron chi connectivity index (χ2n) is 7.59. The van der Waals surface area contributed by atoms with E-state index in [1.807, 2.05) is 31.1 Å². The topological polar surface area (TPSA) is 68.3 Å². The van der Waals surface area contributed by atoms with Gasteiger partial charge in [0, 0.05) is 26.1 Å². The van der Waals surface area contributed by atoms with Crippen LogP contribution in [0.2, 0.25) is 0 Å². The smallest absolute Gasteiger partial charge is 0.312 e. The highest BCUT2D eigenvalue weighted by atomic mass is 16.6. The average Bonchev–Trinajstić information content (AvgIpc) is 2.94. The Morgan fingerprint density at radius 3 is 2.56 bits per heavy atom. The molecule has 0 saturated carbocycles. The number of ether oxygens (including phenoxy) is 3. The molecule has 2 aliphatic heterocycles. The van der Waals surface area contributed by atoms with E-state index in [-0.39, 0.29) is 24.6 Å². The van der Waals surface area contributed by atoms with Crippen molar-refractivity contribution in [3.05, 3.63) is 24.3 Å². The van der Waals surface area contributed by atoms with Crippen LogP contribution in [0.5, 0.6) is 11.5 Å². The summed E-state index contributed by atoms with van der Waals surface area (Å²) in [6.07, 6.45) is 1.99. The third-order valence-corrected chi connectivity index (χ3v) is 5.39. The molecule has 1 amide bonds. The van der Waals surface area contributed by atoms with Crippen LogP contribution in [-0.2, 0) is 14.3 Å². The van der Waals surface area contributed by atoms with Crippen LogP contribution in [-0.4, -0.2) is 75.2 Å². The molecule has 148 valence electrons. The van der Waals surface area contributed by atoms with E-state index in [1.54, 1.807) is 24.1 Å². The summed E-state index contributed by atoms with van der Waals surface area (Å²) < 4.78 is 16.4. The molecule has 7 nitrogen and oxygen atoms in total. The number of nitrogens with zero attached hydrogens (tertiary/aromatic N) is 2. The molecule has 0 aromatic heterocycles. The second-order valence-corrected chi connectivity index (χ2v) is 7.59. The largest absolute Gasteiger partial charge is 0.493 e. The van der Waals surface area contributed by atoms with Crippen molar-refractivity contribution in [2.45, 2.75) is 25.4 Å². The van der Waals surface area contributed by atoms with Gasteiger partial charge in [-0.3, -0.25) is 9.59 Å². The van der Waals surface area contributed by atoms with Crippen molar-refractivity contribution in [2.75, 3.05) is 47.4 Å². The van der Waals surface area contributed by atoms with Crippen LogP contribution in [0, 0.1) is 5.41 Å². The molecule has 2 fully saturated rings. The fraction of sp³-hybridized carbons (Fsp3) is 0.600. The van der Waals surface area contributed by atoms with Crippen molar-refractivity contribution in [1.29, 1.82) is 0 Å². The second kappa shape index (κ2) is 8.17. The molecule has 1 unspecified atom stereocenters. The Bertz CT molecular complexity index is 683. The van der Waals surface area contributed by atoms with Gasteiger partial charge in [-0.15, -0.1) is 0 Å². The van der Waals surface area contributed by atoms with Gasteiger partial charge in [-0.05, 0) is 39.1 Å². The quantitative estimate of drug-likeness (QED) is 0.702. The molecular weight excluding hydrogens is 348 g/mol. The predicted octanol–water partition coefficient (Wildman–Crippen LogP) is 1.56. The van der Waals surface area contributed by atoms with E-state index in [1.165, 1.54) is 0 Å². The maximum Gasteiger partial charge on any atom is 0.312 e. The molecule has 27 heavy (non-hydrogen) atoms. The van der Waals surface area contributed by atoms with Crippen LogP contribution in [0.15, 0.2) is 24.3 Å². The summed E-state index contributed by atoms with van der Waals surface area (Å²) in [5.41, 5.74) is -0.430. The summed E-state index contributed by atoms with van der Waals surface area (Å²) in [5, 5.41) is 0. The Kier molecular flexibility index (Phi) is 5.89. The Labute approximate surface area is 160 Å². The van der Waals surface area contributed by atoms with E-state index < -0.39 is 5.41 Å². The maximum absolute atomic E-state index is 12.5. The van der Waals surface area contributed by atoms with Gasteiger partial charge in [0.15, 0.2) is 18.1 Å². The minimum atomic E-state index is -0.430. The predicted molar refractivity (Wildman–Crippen MR) is 99.8 cm³/mol. The van der Waals surface area contributed by atoms with Gasteiger partial charge in [0.25, 0.3) is 5.91 Å². The lowest BCUT2D eigenvalue weighted by atomic mass is 9.76. The van der Waals surface area contributed by atoms with Crippen LogP contribution in [0.3, 0.4) is 0 Å². The van der Waals surface area contributed by atoms with E-state index >= 15 is 0 Å². The molecule has 0 aliphatic carbocycles. The van der Waals surface area contributed by atoms with Gasteiger partial charge >= 0.3 is 5.97 Å². The summed E-state index contributed by atoms with van der Waals surface area (Å²) in [6, 6.07) is 7.25. The number of esters is 1. The van der Waals surface area contributed by atoms with Crippen LogP contribution in [0.4, 0.5) is 0 Å². The molecule has 1 spiro atoms. The SMILES string of the molecule is COc1ccccc1OCC(=O)N1CCC2(CC1)CC(CN(C)C)OC2=O. The average molecular weight is 376 g/mol. The number of piperidine rings is 1. The van der Waals surface area contributed by atoms with Crippen LogP contribution >= 0.6 is 0 Å².